The van der Waals surface area contributed by atoms with Crippen LogP contribution in [-0.2, 0) is 33.4 Å². The first kappa shape index (κ1) is 24.1. The molecule has 174 valence electrons. The van der Waals surface area contributed by atoms with Crippen LogP contribution in [0.3, 0.4) is 0 Å². The van der Waals surface area contributed by atoms with Crippen LogP contribution < -0.4 is 0 Å². The zero-order valence-electron chi connectivity index (χ0n) is 18.8. The number of rotatable bonds is 11. The highest BCUT2D eigenvalue weighted by atomic mass is 31.2. The molecule has 1 N–H and O–H groups in total. The molecule has 0 radical (unpaired) electrons. The fourth-order valence-electron chi connectivity index (χ4n) is 3.66. The Morgan fingerprint density at radius 2 is 1.00 bits per heavy atom. The van der Waals surface area contributed by atoms with E-state index in [-0.39, 0.29) is 19.8 Å². The maximum Gasteiger partial charge on any atom is 0.355 e. The van der Waals surface area contributed by atoms with Gasteiger partial charge in [0.2, 0.25) is 0 Å². The van der Waals surface area contributed by atoms with Crippen LogP contribution in [0, 0.1) is 0 Å². The van der Waals surface area contributed by atoms with Crippen molar-refractivity contribution < 1.29 is 18.8 Å². The van der Waals surface area contributed by atoms with Crippen LogP contribution in [0.5, 0.6) is 0 Å². The molecule has 0 amide bonds. The summed E-state index contributed by atoms with van der Waals surface area (Å²) < 4.78 is 26.5. The highest BCUT2D eigenvalue weighted by molar-refractivity contribution is 7.54. The van der Waals surface area contributed by atoms with Gasteiger partial charge in [0, 0.05) is 0 Å². The minimum absolute atomic E-state index is 0.0927. The van der Waals surface area contributed by atoms with Gasteiger partial charge in [0.05, 0.1) is 19.8 Å². The second-order valence-electron chi connectivity index (χ2n) is 7.93. The summed E-state index contributed by atoms with van der Waals surface area (Å²) >= 11 is 0. The van der Waals surface area contributed by atoms with Crippen molar-refractivity contribution in [3.8, 4) is 0 Å². The number of hydroxylamine groups is 2. The van der Waals surface area contributed by atoms with Crippen LogP contribution >= 0.6 is 7.60 Å². The van der Waals surface area contributed by atoms with Crippen molar-refractivity contribution in [1.29, 1.82) is 0 Å². The fourth-order valence-corrected chi connectivity index (χ4v) is 5.62. The smallest absolute Gasteiger partial charge is 0.312 e. The summed E-state index contributed by atoms with van der Waals surface area (Å²) in [4.78, 5) is 0. The van der Waals surface area contributed by atoms with E-state index in [9.17, 15) is 9.77 Å². The van der Waals surface area contributed by atoms with Crippen LogP contribution in [0.25, 0.3) is 0 Å². The molecular formula is C28H28NO4P. The van der Waals surface area contributed by atoms with Gasteiger partial charge in [-0.15, -0.1) is 0 Å². The molecule has 0 fully saturated rings. The molecule has 4 aromatic carbocycles. The normalized spacial score (nSPS) is 12.5. The Morgan fingerprint density at radius 3 is 1.44 bits per heavy atom. The molecule has 0 bridgehead atoms. The van der Waals surface area contributed by atoms with Crippen molar-refractivity contribution >= 4 is 7.60 Å². The lowest BCUT2D eigenvalue weighted by atomic mass is 10.2. The Hall–Kier alpha value is -3.05. The fraction of sp³-hybridized carbons (Fsp3) is 0.143. The molecule has 34 heavy (non-hydrogen) atoms. The molecule has 0 heterocycles. The summed E-state index contributed by atoms with van der Waals surface area (Å²) in [6, 6.07) is 37.8. The third kappa shape index (κ3) is 6.51. The Kier molecular flexibility index (Phi) is 8.42. The average molecular weight is 474 g/mol. The molecule has 1 unspecified atom stereocenters. The summed E-state index contributed by atoms with van der Waals surface area (Å²) in [5.41, 5.74) is 3.25. The third-order valence-electron chi connectivity index (χ3n) is 5.37. The van der Waals surface area contributed by atoms with Crippen LogP contribution in [0.2, 0.25) is 0 Å². The molecular weight excluding hydrogens is 445 g/mol. The van der Waals surface area contributed by atoms with E-state index in [1.165, 1.54) is 0 Å². The van der Waals surface area contributed by atoms with E-state index in [1.807, 2.05) is 121 Å². The average Bonchev–Trinajstić information content (AvgIpc) is 2.89. The quantitative estimate of drug-likeness (QED) is 0.184. The first-order chi connectivity index (χ1) is 16.6. The molecule has 4 rings (SSSR count). The van der Waals surface area contributed by atoms with Gasteiger partial charge in [0.1, 0.15) is 0 Å². The molecule has 4 aromatic rings. The Bertz CT molecular complexity index is 1130. The standard InChI is InChI=1S/C28H28NO4P/c30-29(21-24-13-5-1-6-14-24)28(27-19-11-4-12-20-27)34(31,32-22-25-15-7-2-8-16-25)33-23-26-17-9-3-10-18-26/h1-20,28,30H,21-23H2. The van der Waals surface area contributed by atoms with Gasteiger partial charge in [-0.2, -0.15) is 5.06 Å². The second kappa shape index (κ2) is 11.9. The van der Waals surface area contributed by atoms with Gasteiger partial charge in [0.25, 0.3) is 0 Å². The molecule has 5 nitrogen and oxygen atoms in total. The van der Waals surface area contributed by atoms with Gasteiger partial charge >= 0.3 is 7.60 Å². The Labute approximate surface area is 200 Å². The molecule has 0 saturated heterocycles. The third-order valence-corrected chi connectivity index (χ3v) is 7.52. The molecule has 0 saturated carbocycles. The first-order valence-corrected chi connectivity index (χ1v) is 12.8. The Balaban J connectivity index is 1.67. The van der Waals surface area contributed by atoms with E-state index in [4.69, 9.17) is 9.05 Å². The maximum absolute atomic E-state index is 14.4. The summed E-state index contributed by atoms with van der Waals surface area (Å²) in [5.74, 6) is -1.01. The van der Waals surface area contributed by atoms with Crippen LogP contribution in [-0.4, -0.2) is 10.3 Å². The molecule has 0 aromatic heterocycles. The predicted octanol–water partition coefficient (Wildman–Crippen LogP) is 7.20. The minimum Gasteiger partial charge on any atom is -0.312 e. The van der Waals surface area contributed by atoms with E-state index < -0.39 is 13.4 Å². The molecule has 0 aliphatic rings. The lowest BCUT2D eigenvalue weighted by molar-refractivity contribution is -0.121. The van der Waals surface area contributed by atoms with E-state index in [2.05, 4.69) is 0 Å². The number of benzene rings is 4. The minimum atomic E-state index is -3.90. The topological polar surface area (TPSA) is 59.0 Å². The van der Waals surface area contributed by atoms with Gasteiger partial charge in [-0.3, -0.25) is 4.57 Å². The summed E-state index contributed by atoms with van der Waals surface area (Å²) in [6.45, 7) is 0.346. The van der Waals surface area contributed by atoms with Gasteiger partial charge in [-0.1, -0.05) is 121 Å². The van der Waals surface area contributed by atoms with Gasteiger partial charge in [-0.05, 0) is 22.3 Å². The number of hydrogen-bond acceptors (Lipinski definition) is 5. The monoisotopic (exact) mass is 473 g/mol. The summed E-state index contributed by atoms with van der Waals surface area (Å²) in [7, 11) is -3.90. The van der Waals surface area contributed by atoms with E-state index in [1.54, 1.807) is 0 Å². The van der Waals surface area contributed by atoms with Crippen molar-refractivity contribution in [3.05, 3.63) is 144 Å². The molecule has 6 heteroatoms. The largest absolute Gasteiger partial charge is 0.355 e. The lowest BCUT2D eigenvalue weighted by Gasteiger charge is -2.32. The summed E-state index contributed by atoms with van der Waals surface area (Å²) in [6.07, 6.45) is 0. The SMILES string of the molecule is O=P(OCc1ccccc1)(OCc1ccccc1)C(c1ccccc1)N(O)Cc1ccccc1. The van der Waals surface area contributed by atoms with Crippen LogP contribution in [0.4, 0.5) is 0 Å². The first-order valence-electron chi connectivity index (χ1n) is 11.1. The van der Waals surface area contributed by atoms with Crippen molar-refractivity contribution in [2.75, 3.05) is 0 Å². The summed E-state index contributed by atoms with van der Waals surface area (Å²) in [5, 5.41) is 12.3. The lowest BCUT2D eigenvalue weighted by Crippen LogP contribution is -2.26. The van der Waals surface area contributed by atoms with Crippen molar-refractivity contribution in [2.24, 2.45) is 0 Å². The molecule has 0 aliphatic carbocycles. The molecule has 0 spiro atoms. The zero-order valence-corrected chi connectivity index (χ0v) is 19.7. The Morgan fingerprint density at radius 1 is 0.618 bits per heavy atom. The van der Waals surface area contributed by atoms with Crippen LogP contribution in [0.15, 0.2) is 121 Å². The van der Waals surface area contributed by atoms with E-state index in [0.29, 0.717) is 5.56 Å². The van der Waals surface area contributed by atoms with Crippen molar-refractivity contribution in [2.45, 2.75) is 25.5 Å². The molecule has 0 aliphatic heterocycles. The highest BCUT2D eigenvalue weighted by Crippen LogP contribution is 2.63. The van der Waals surface area contributed by atoms with Gasteiger partial charge in [-0.25, -0.2) is 0 Å². The van der Waals surface area contributed by atoms with Crippen LogP contribution in [0.1, 0.15) is 28.0 Å². The number of hydrogen-bond donors (Lipinski definition) is 1. The highest BCUT2D eigenvalue weighted by Gasteiger charge is 2.42. The van der Waals surface area contributed by atoms with Crippen molar-refractivity contribution in [1.82, 2.24) is 5.06 Å². The second-order valence-corrected chi connectivity index (χ2v) is 10.0. The predicted molar refractivity (Wildman–Crippen MR) is 133 cm³/mol. The van der Waals surface area contributed by atoms with Gasteiger partial charge in [0.15, 0.2) is 5.78 Å². The van der Waals surface area contributed by atoms with E-state index >= 15 is 0 Å². The molecule has 1 atom stereocenters. The maximum atomic E-state index is 14.4. The van der Waals surface area contributed by atoms with E-state index in [0.717, 1.165) is 21.8 Å². The van der Waals surface area contributed by atoms with Gasteiger partial charge < -0.3 is 14.3 Å². The zero-order chi connectivity index (χ0) is 23.6. The number of nitrogens with zero attached hydrogens (tertiary/aromatic N) is 1. The van der Waals surface area contributed by atoms with Crippen molar-refractivity contribution in [3.63, 3.8) is 0 Å².